The van der Waals surface area contributed by atoms with Crippen molar-refractivity contribution in [2.45, 2.75) is 11.3 Å². The van der Waals surface area contributed by atoms with Crippen molar-refractivity contribution in [2.75, 3.05) is 13.2 Å². The van der Waals surface area contributed by atoms with Gasteiger partial charge in [-0.05, 0) is 18.2 Å². The van der Waals surface area contributed by atoms with E-state index in [2.05, 4.69) is 5.32 Å². The van der Waals surface area contributed by atoms with Crippen LogP contribution in [0.25, 0.3) is 0 Å². The van der Waals surface area contributed by atoms with Gasteiger partial charge in [0.2, 0.25) is 10.0 Å². The molecule has 1 aromatic rings. The van der Waals surface area contributed by atoms with Crippen LogP contribution in [0, 0.1) is 11.3 Å². The number of sulfonamides is 1. The molecule has 0 saturated heterocycles. The maximum atomic E-state index is 11.3. The third-order valence-electron chi connectivity index (χ3n) is 2.15. The first-order chi connectivity index (χ1) is 9.34. The lowest BCUT2D eigenvalue weighted by Crippen LogP contribution is -2.29. The molecule has 0 aliphatic rings. The Bertz CT molecular complexity index is 640. The molecule has 1 aromatic carbocycles. The molecular weight excluding hydrogens is 306 g/mol. The van der Waals surface area contributed by atoms with Crippen molar-refractivity contribution in [3.05, 3.63) is 23.2 Å². The molecule has 0 atom stereocenters. The zero-order chi connectivity index (χ0) is 15.2. The van der Waals surface area contributed by atoms with Crippen molar-refractivity contribution in [3.8, 4) is 11.8 Å². The standard InChI is InChI=1S/C11H12ClN3O4S/c12-9-6-8(20(14,17)18)2-3-10(9)19-7-11(16)15-5-1-4-13/h2-3,6H,1,5,7H2,(H,15,16)(H2,14,17,18). The topological polar surface area (TPSA) is 122 Å². The number of carbonyl (C=O) groups is 1. The van der Waals surface area contributed by atoms with Gasteiger partial charge in [0.05, 0.1) is 22.4 Å². The molecular formula is C11H12ClN3O4S. The number of hydrogen-bond donors (Lipinski definition) is 2. The number of nitriles is 1. The lowest BCUT2D eigenvalue weighted by Gasteiger charge is -2.09. The van der Waals surface area contributed by atoms with Crippen LogP contribution in [0.4, 0.5) is 0 Å². The highest BCUT2D eigenvalue weighted by atomic mass is 35.5. The molecule has 1 amide bonds. The Morgan fingerprint density at radius 2 is 2.20 bits per heavy atom. The zero-order valence-electron chi connectivity index (χ0n) is 10.3. The van der Waals surface area contributed by atoms with Crippen molar-refractivity contribution >= 4 is 27.5 Å². The quantitative estimate of drug-likeness (QED) is 0.735. The molecule has 0 spiro atoms. The SMILES string of the molecule is N#CCCNC(=O)COc1ccc(S(N)(=O)=O)cc1Cl. The van der Waals surface area contributed by atoms with Gasteiger partial charge in [-0.3, -0.25) is 4.79 Å². The number of nitrogens with one attached hydrogen (secondary N) is 1. The van der Waals surface area contributed by atoms with Gasteiger partial charge < -0.3 is 10.1 Å². The molecule has 3 N–H and O–H groups in total. The second kappa shape index (κ2) is 7.09. The second-order valence-electron chi connectivity index (χ2n) is 3.68. The average Bonchev–Trinajstić information content (AvgIpc) is 2.36. The summed E-state index contributed by atoms with van der Waals surface area (Å²) in [5, 5.41) is 15.7. The van der Waals surface area contributed by atoms with Crippen LogP contribution in [0.15, 0.2) is 23.1 Å². The third kappa shape index (κ3) is 5.05. The number of rotatable bonds is 6. The normalized spacial score (nSPS) is 10.7. The smallest absolute Gasteiger partial charge is 0.257 e. The molecule has 0 bridgehead atoms. The molecule has 1 rings (SSSR count). The van der Waals surface area contributed by atoms with Gasteiger partial charge in [0, 0.05) is 6.54 Å². The van der Waals surface area contributed by atoms with Crippen LogP contribution in [0.1, 0.15) is 6.42 Å². The Kier molecular flexibility index (Phi) is 5.76. The predicted octanol–water partition coefficient (Wildman–Crippen LogP) is 0.396. The van der Waals surface area contributed by atoms with Gasteiger partial charge in [-0.2, -0.15) is 5.26 Å². The van der Waals surface area contributed by atoms with E-state index in [1.807, 2.05) is 6.07 Å². The minimum Gasteiger partial charge on any atom is -0.482 e. The number of ether oxygens (including phenoxy) is 1. The van der Waals surface area contributed by atoms with Crippen molar-refractivity contribution < 1.29 is 17.9 Å². The number of primary sulfonamides is 1. The number of nitrogens with two attached hydrogens (primary N) is 1. The fraction of sp³-hybridized carbons (Fsp3) is 0.273. The van der Waals surface area contributed by atoms with Gasteiger partial charge in [-0.1, -0.05) is 11.6 Å². The Balaban J connectivity index is 2.62. The molecule has 0 heterocycles. The molecule has 108 valence electrons. The minimum atomic E-state index is -3.84. The van der Waals surface area contributed by atoms with Gasteiger partial charge in [-0.15, -0.1) is 0 Å². The summed E-state index contributed by atoms with van der Waals surface area (Å²) in [5.41, 5.74) is 0. The zero-order valence-corrected chi connectivity index (χ0v) is 11.9. The summed E-state index contributed by atoms with van der Waals surface area (Å²) in [6, 6.07) is 5.56. The first-order valence-corrected chi connectivity index (χ1v) is 7.36. The van der Waals surface area contributed by atoms with E-state index in [4.69, 9.17) is 26.7 Å². The van der Waals surface area contributed by atoms with Gasteiger partial charge in [0.15, 0.2) is 6.61 Å². The summed E-state index contributed by atoms with van der Waals surface area (Å²) in [7, 11) is -3.84. The van der Waals surface area contributed by atoms with Crippen molar-refractivity contribution in [1.29, 1.82) is 5.26 Å². The predicted molar refractivity (Wildman–Crippen MR) is 71.6 cm³/mol. The van der Waals surface area contributed by atoms with Crippen molar-refractivity contribution in [3.63, 3.8) is 0 Å². The lowest BCUT2D eigenvalue weighted by molar-refractivity contribution is -0.123. The van der Waals surface area contributed by atoms with Crippen LogP contribution in [-0.2, 0) is 14.8 Å². The van der Waals surface area contributed by atoms with E-state index in [0.717, 1.165) is 6.07 Å². The van der Waals surface area contributed by atoms with Crippen LogP contribution < -0.4 is 15.2 Å². The van der Waals surface area contributed by atoms with Gasteiger partial charge >= 0.3 is 0 Å². The van der Waals surface area contributed by atoms with E-state index in [1.54, 1.807) is 0 Å². The third-order valence-corrected chi connectivity index (χ3v) is 3.36. The van der Waals surface area contributed by atoms with Crippen LogP contribution >= 0.6 is 11.6 Å². The highest BCUT2D eigenvalue weighted by molar-refractivity contribution is 7.89. The monoisotopic (exact) mass is 317 g/mol. The van der Waals surface area contributed by atoms with Gasteiger partial charge in [0.1, 0.15) is 5.75 Å². The maximum absolute atomic E-state index is 11.3. The van der Waals surface area contributed by atoms with Crippen molar-refractivity contribution in [2.24, 2.45) is 5.14 Å². The molecule has 0 aliphatic carbocycles. The minimum absolute atomic E-state index is 0.0290. The van der Waals surface area contributed by atoms with E-state index >= 15 is 0 Å². The summed E-state index contributed by atoms with van der Waals surface area (Å²) in [6.07, 6.45) is 0.204. The maximum Gasteiger partial charge on any atom is 0.257 e. The van der Waals surface area contributed by atoms with Crippen LogP contribution in [-0.4, -0.2) is 27.5 Å². The van der Waals surface area contributed by atoms with Crippen LogP contribution in [0.5, 0.6) is 5.75 Å². The molecule has 0 fully saturated rings. The number of carbonyl (C=O) groups excluding carboxylic acids is 1. The molecule has 9 heteroatoms. The lowest BCUT2D eigenvalue weighted by atomic mass is 10.3. The van der Waals surface area contributed by atoms with Gasteiger partial charge in [0.25, 0.3) is 5.91 Å². The number of halogens is 1. The molecule has 0 aromatic heterocycles. The number of benzene rings is 1. The van der Waals surface area contributed by atoms with Crippen LogP contribution in [0.2, 0.25) is 5.02 Å². The number of hydrogen-bond acceptors (Lipinski definition) is 5. The highest BCUT2D eigenvalue weighted by Gasteiger charge is 2.12. The summed E-state index contributed by atoms with van der Waals surface area (Å²) < 4.78 is 27.3. The molecule has 0 aliphatic heterocycles. The van der Waals surface area contributed by atoms with E-state index in [9.17, 15) is 13.2 Å². The summed E-state index contributed by atoms with van der Waals surface area (Å²) in [6.45, 7) is -0.0589. The molecule has 0 radical (unpaired) electrons. The first kappa shape index (κ1) is 16.2. The van der Waals surface area contributed by atoms with Gasteiger partial charge in [-0.25, -0.2) is 13.6 Å². The molecule has 7 nitrogen and oxygen atoms in total. The number of amides is 1. The fourth-order valence-electron chi connectivity index (χ4n) is 1.23. The van der Waals surface area contributed by atoms with Crippen molar-refractivity contribution in [1.82, 2.24) is 5.32 Å². The number of nitrogens with zero attached hydrogens (tertiary/aromatic N) is 1. The second-order valence-corrected chi connectivity index (χ2v) is 5.65. The van der Waals surface area contributed by atoms with E-state index in [0.29, 0.717) is 0 Å². The Labute approximate surface area is 121 Å². The summed E-state index contributed by atoms with van der Waals surface area (Å²) >= 11 is 5.83. The Morgan fingerprint density at radius 3 is 2.75 bits per heavy atom. The molecule has 20 heavy (non-hydrogen) atoms. The van der Waals surface area contributed by atoms with E-state index in [-0.39, 0.29) is 35.2 Å². The fourth-order valence-corrected chi connectivity index (χ4v) is 2.07. The Morgan fingerprint density at radius 1 is 1.50 bits per heavy atom. The Hall–Kier alpha value is -1.82. The molecule has 0 unspecified atom stereocenters. The van der Waals surface area contributed by atoms with Crippen LogP contribution in [0.3, 0.4) is 0 Å². The van der Waals surface area contributed by atoms with E-state index in [1.165, 1.54) is 12.1 Å². The average molecular weight is 318 g/mol. The summed E-state index contributed by atoms with van der Waals surface area (Å²) in [5.74, 6) is -0.249. The van der Waals surface area contributed by atoms with E-state index < -0.39 is 15.9 Å². The summed E-state index contributed by atoms with van der Waals surface area (Å²) in [4.78, 5) is 11.2. The highest BCUT2D eigenvalue weighted by Crippen LogP contribution is 2.26. The first-order valence-electron chi connectivity index (χ1n) is 5.43. The molecule has 0 saturated carbocycles. The largest absolute Gasteiger partial charge is 0.482 e.